The normalized spacial score (nSPS) is 14.0. The van der Waals surface area contributed by atoms with Gasteiger partial charge in [-0.25, -0.2) is 0 Å². The van der Waals surface area contributed by atoms with E-state index in [1.165, 1.54) is 0 Å². The lowest BCUT2D eigenvalue weighted by Crippen LogP contribution is -2.19. The van der Waals surface area contributed by atoms with Crippen LogP contribution < -0.4 is 0 Å². The average Bonchev–Trinajstić information content (AvgIpc) is 1.99. The van der Waals surface area contributed by atoms with Crippen molar-refractivity contribution in [1.82, 2.24) is 4.67 Å². The first-order chi connectivity index (χ1) is 5.17. The molecule has 0 bridgehead atoms. The van der Waals surface area contributed by atoms with Gasteiger partial charge in [0.05, 0.1) is 0 Å². The fraction of sp³-hybridized carbons (Fsp3) is 0.778. The van der Waals surface area contributed by atoms with Crippen LogP contribution in [0.15, 0.2) is 12.4 Å². The maximum absolute atomic E-state index is 3.89. The second kappa shape index (κ2) is 5.74. The van der Waals surface area contributed by atoms with Crippen molar-refractivity contribution >= 4 is 8.07 Å². The molecule has 1 unspecified atom stereocenters. The van der Waals surface area contributed by atoms with E-state index in [1.807, 2.05) is 0 Å². The van der Waals surface area contributed by atoms with Gasteiger partial charge in [-0.1, -0.05) is 40.1 Å². The first kappa shape index (κ1) is 11.1. The third-order valence-corrected chi connectivity index (χ3v) is 4.42. The third kappa shape index (κ3) is 3.35. The summed E-state index contributed by atoms with van der Waals surface area (Å²) in [5.41, 5.74) is 0.738. The zero-order valence-corrected chi connectivity index (χ0v) is 9.06. The first-order valence-electron chi connectivity index (χ1n) is 4.33. The summed E-state index contributed by atoms with van der Waals surface area (Å²) >= 11 is 0. The molecule has 1 nitrogen and oxygen atoms in total. The van der Waals surface area contributed by atoms with Gasteiger partial charge < -0.3 is 0 Å². The van der Waals surface area contributed by atoms with E-state index in [0.717, 1.165) is 18.7 Å². The van der Waals surface area contributed by atoms with Gasteiger partial charge in [-0.3, -0.25) is 4.67 Å². The molecule has 0 saturated carbocycles. The van der Waals surface area contributed by atoms with Crippen LogP contribution >= 0.6 is 8.07 Å². The predicted octanol–water partition coefficient (Wildman–Crippen LogP) is 3.28. The molecular formula is C9H20NP. The fourth-order valence-electron chi connectivity index (χ4n) is 1.20. The summed E-state index contributed by atoms with van der Waals surface area (Å²) in [5.74, 6) is 2.12. The molecule has 0 radical (unpaired) electrons. The molecule has 0 N–H and O–H groups in total. The van der Waals surface area contributed by atoms with E-state index >= 15 is 0 Å². The molecule has 0 aliphatic carbocycles. The Morgan fingerprint density at radius 3 is 1.91 bits per heavy atom. The Morgan fingerprint density at radius 2 is 1.82 bits per heavy atom. The quantitative estimate of drug-likeness (QED) is 0.577. The standard InChI is InChI=1S/C9H20NP/c1-6-10(7-2)11(8-3)9(4)5/h8-9H,3,6-7H2,1-2,4-5H3. The zero-order valence-electron chi connectivity index (χ0n) is 8.17. The van der Waals surface area contributed by atoms with Gasteiger partial charge in [0.2, 0.25) is 0 Å². The van der Waals surface area contributed by atoms with Crippen molar-refractivity contribution in [3.8, 4) is 0 Å². The second-order valence-electron chi connectivity index (χ2n) is 2.80. The van der Waals surface area contributed by atoms with Gasteiger partial charge in [-0.05, 0) is 26.8 Å². The minimum atomic E-state index is -0.0838. The van der Waals surface area contributed by atoms with Crippen molar-refractivity contribution in [2.45, 2.75) is 33.4 Å². The Hall–Kier alpha value is 0.130. The molecule has 0 aliphatic rings. The minimum absolute atomic E-state index is 0.0838. The van der Waals surface area contributed by atoms with Gasteiger partial charge in [0.15, 0.2) is 0 Å². The lowest BCUT2D eigenvalue weighted by atomic mass is 10.6. The molecule has 0 aromatic carbocycles. The van der Waals surface area contributed by atoms with E-state index in [9.17, 15) is 0 Å². The van der Waals surface area contributed by atoms with Crippen LogP contribution in [0.2, 0.25) is 0 Å². The average molecular weight is 173 g/mol. The van der Waals surface area contributed by atoms with Gasteiger partial charge in [-0.2, -0.15) is 0 Å². The molecule has 0 heterocycles. The Morgan fingerprint density at radius 1 is 1.36 bits per heavy atom. The highest BCUT2D eigenvalue weighted by Gasteiger charge is 2.14. The van der Waals surface area contributed by atoms with E-state index < -0.39 is 0 Å². The van der Waals surface area contributed by atoms with Gasteiger partial charge in [0, 0.05) is 0 Å². The molecule has 0 fully saturated rings. The lowest BCUT2D eigenvalue weighted by molar-refractivity contribution is 0.505. The third-order valence-electron chi connectivity index (χ3n) is 1.77. The number of hydrogen-bond acceptors (Lipinski definition) is 1. The van der Waals surface area contributed by atoms with Crippen LogP contribution in [-0.2, 0) is 0 Å². The summed E-state index contributed by atoms with van der Waals surface area (Å²) in [7, 11) is -0.0838. The maximum Gasteiger partial charge on any atom is -0.000494 e. The van der Waals surface area contributed by atoms with Crippen LogP contribution in [0.3, 0.4) is 0 Å². The molecule has 0 aliphatic heterocycles. The van der Waals surface area contributed by atoms with Crippen LogP contribution in [0.1, 0.15) is 27.7 Å². The Bertz CT molecular complexity index is 108. The Kier molecular flexibility index (Phi) is 5.81. The molecule has 11 heavy (non-hydrogen) atoms. The van der Waals surface area contributed by atoms with Crippen molar-refractivity contribution in [3.05, 3.63) is 12.4 Å². The fourth-order valence-corrected chi connectivity index (χ4v) is 3.16. The number of rotatable bonds is 5. The number of hydrogen-bond donors (Lipinski definition) is 0. The summed E-state index contributed by atoms with van der Waals surface area (Å²) in [5, 5.41) is 0. The molecular weight excluding hydrogens is 153 g/mol. The van der Waals surface area contributed by atoms with Crippen molar-refractivity contribution in [2.24, 2.45) is 0 Å². The van der Waals surface area contributed by atoms with Crippen LogP contribution in [0.5, 0.6) is 0 Å². The highest BCUT2D eigenvalue weighted by atomic mass is 31.1. The molecule has 2 heteroatoms. The topological polar surface area (TPSA) is 3.24 Å². The van der Waals surface area contributed by atoms with Crippen LogP contribution in [-0.4, -0.2) is 23.4 Å². The predicted molar refractivity (Wildman–Crippen MR) is 55.2 cm³/mol. The smallest absolute Gasteiger partial charge is 0.000494 e. The van der Waals surface area contributed by atoms with Crippen molar-refractivity contribution in [2.75, 3.05) is 13.1 Å². The summed E-state index contributed by atoms with van der Waals surface area (Å²) in [6, 6.07) is 0. The molecule has 0 spiro atoms. The van der Waals surface area contributed by atoms with Crippen LogP contribution in [0.25, 0.3) is 0 Å². The molecule has 0 aromatic rings. The van der Waals surface area contributed by atoms with Gasteiger partial charge in [0.1, 0.15) is 0 Å². The Labute approximate surface area is 72.3 Å². The van der Waals surface area contributed by atoms with Crippen molar-refractivity contribution in [1.29, 1.82) is 0 Å². The zero-order chi connectivity index (χ0) is 8.85. The number of nitrogens with zero attached hydrogens (tertiary/aromatic N) is 1. The summed E-state index contributed by atoms with van der Waals surface area (Å²) in [6.07, 6.45) is 0. The van der Waals surface area contributed by atoms with E-state index in [-0.39, 0.29) is 8.07 Å². The highest BCUT2D eigenvalue weighted by Crippen LogP contribution is 2.45. The summed E-state index contributed by atoms with van der Waals surface area (Å²) in [4.78, 5) is 0. The molecule has 66 valence electrons. The second-order valence-corrected chi connectivity index (χ2v) is 5.52. The van der Waals surface area contributed by atoms with E-state index in [2.05, 4.69) is 44.8 Å². The van der Waals surface area contributed by atoms with Crippen LogP contribution in [0, 0.1) is 0 Å². The van der Waals surface area contributed by atoms with E-state index in [4.69, 9.17) is 0 Å². The lowest BCUT2D eigenvalue weighted by Gasteiger charge is -2.29. The molecule has 0 amide bonds. The summed E-state index contributed by atoms with van der Waals surface area (Å²) < 4.78 is 2.49. The van der Waals surface area contributed by atoms with Gasteiger partial charge >= 0.3 is 0 Å². The molecule has 1 atom stereocenters. The maximum atomic E-state index is 3.89. The molecule has 0 rings (SSSR count). The highest BCUT2D eigenvalue weighted by molar-refractivity contribution is 7.59. The van der Waals surface area contributed by atoms with E-state index in [1.54, 1.807) is 0 Å². The summed E-state index contributed by atoms with van der Waals surface area (Å²) in [6.45, 7) is 15.1. The minimum Gasteiger partial charge on any atom is -0.279 e. The molecule has 0 aromatic heterocycles. The van der Waals surface area contributed by atoms with E-state index in [0.29, 0.717) is 0 Å². The van der Waals surface area contributed by atoms with Crippen LogP contribution in [0.4, 0.5) is 0 Å². The largest absolute Gasteiger partial charge is 0.279 e. The van der Waals surface area contributed by atoms with Crippen molar-refractivity contribution < 1.29 is 0 Å². The molecule has 0 saturated heterocycles. The SMILES string of the molecule is C=CP(C(C)C)N(CC)CC. The van der Waals surface area contributed by atoms with Gasteiger partial charge in [-0.15, -0.1) is 0 Å². The first-order valence-corrected chi connectivity index (χ1v) is 5.76. The van der Waals surface area contributed by atoms with Gasteiger partial charge in [0.25, 0.3) is 0 Å². The van der Waals surface area contributed by atoms with Crippen molar-refractivity contribution in [3.63, 3.8) is 0 Å². The Balaban J connectivity index is 4.08. The monoisotopic (exact) mass is 173 g/mol.